The number of para-hydroxylation sites is 1. The number of benzene rings is 3. The van der Waals surface area contributed by atoms with E-state index in [-0.39, 0.29) is 32.4 Å². The molecule has 0 heterocycles. The molecule has 29 heavy (non-hydrogen) atoms. The Morgan fingerprint density at radius 2 is 1.52 bits per heavy atom. The normalized spacial score (nSPS) is 10.9. The first-order valence-corrected chi connectivity index (χ1v) is 10.2. The van der Waals surface area contributed by atoms with E-state index in [1.165, 1.54) is 42.5 Å². The number of sulfonamides is 1. The number of carbonyl (C=O) groups excluding carboxylic acids is 2. The van der Waals surface area contributed by atoms with Crippen molar-refractivity contribution in [1.29, 1.82) is 0 Å². The van der Waals surface area contributed by atoms with Crippen LogP contribution in [0.2, 0.25) is 5.02 Å². The molecule has 0 radical (unpaired) electrons. The Hall–Kier alpha value is -3.36. The molecule has 2 amide bonds. The van der Waals surface area contributed by atoms with E-state index in [0.29, 0.717) is 0 Å². The summed E-state index contributed by atoms with van der Waals surface area (Å²) in [5.74, 6) is -1.25. The molecule has 0 aromatic heterocycles. The lowest BCUT2D eigenvalue weighted by Crippen LogP contribution is -2.18. The lowest BCUT2D eigenvalue weighted by atomic mass is 10.1. The summed E-state index contributed by atoms with van der Waals surface area (Å²) in [5.41, 5.74) is 6.01. The van der Waals surface area contributed by atoms with Crippen LogP contribution in [0.25, 0.3) is 0 Å². The number of nitrogens with one attached hydrogen (secondary N) is 2. The van der Waals surface area contributed by atoms with Gasteiger partial charge in [-0.3, -0.25) is 14.3 Å². The van der Waals surface area contributed by atoms with Crippen LogP contribution in [0.4, 0.5) is 11.4 Å². The molecule has 0 saturated carbocycles. The van der Waals surface area contributed by atoms with Crippen molar-refractivity contribution in [3.63, 3.8) is 0 Å². The van der Waals surface area contributed by atoms with Gasteiger partial charge in [-0.2, -0.15) is 0 Å². The minimum absolute atomic E-state index is 0.0346. The molecular weight excluding hydrogens is 414 g/mol. The van der Waals surface area contributed by atoms with Gasteiger partial charge in [0.2, 0.25) is 0 Å². The second-order valence-electron chi connectivity index (χ2n) is 5.98. The molecule has 0 aliphatic heterocycles. The third-order valence-corrected chi connectivity index (χ3v) is 5.67. The number of rotatable bonds is 6. The molecule has 0 spiro atoms. The van der Waals surface area contributed by atoms with Gasteiger partial charge >= 0.3 is 0 Å². The topological polar surface area (TPSA) is 118 Å². The van der Waals surface area contributed by atoms with Gasteiger partial charge in [-0.1, -0.05) is 41.9 Å². The van der Waals surface area contributed by atoms with E-state index in [1.54, 1.807) is 30.3 Å². The minimum Gasteiger partial charge on any atom is -0.366 e. The summed E-state index contributed by atoms with van der Waals surface area (Å²) in [5, 5.41) is 2.61. The number of hydrogen-bond donors (Lipinski definition) is 3. The zero-order chi connectivity index (χ0) is 21.0. The van der Waals surface area contributed by atoms with Gasteiger partial charge in [0.05, 0.1) is 32.4 Å². The van der Waals surface area contributed by atoms with E-state index in [9.17, 15) is 18.0 Å². The maximum atomic E-state index is 12.5. The van der Waals surface area contributed by atoms with E-state index < -0.39 is 21.8 Å². The molecule has 9 heteroatoms. The first kappa shape index (κ1) is 20.4. The van der Waals surface area contributed by atoms with Gasteiger partial charge in [-0.25, -0.2) is 8.42 Å². The van der Waals surface area contributed by atoms with E-state index in [2.05, 4.69) is 10.0 Å². The van der Waals surface area contributed by atoms with Crippen LogP contribution in [-0.4, -0.2) is 20.2 Å². The number of amides is 2. The van der Waals surface area contributed by atoms with Gasteiger partial charge in [0.1, 0.15) is 0 Å². The van der Waals surface area contributed by atoms with Crippen molar-refractivity contribution in [2.75, 3.05) is 10.0 Å². The zero-order valence-corrected chi connectivity index (χ0v) is 16.5. The lowest BCUT2D eigenvalue weighted by Gasteiger charge is -2.12. The minimum atomic E-state index is -3.79. The van der Waals surface area contributed by atoms with Crippen molar-refractivity contribution in [1.82, 2.24) is 0 Å². The molecule has 0 saturated heterocycles. The highest BCUT2D eigenvalue weighted by atomic mass is 35.5. The molecule has 4 N–H and O–H groups in total. The van der Waals surface area contributed by atoms with Gasteiger partial charge in [-0.05, 0) is 42.5 Å². The van der Waals surface area contributed by atoms with E-state index in [4.69, 9.17) is 17.3 Å². The molecule has 7 nitrogen and oxygen atoms in total. The first-order valence-electron chi connectivity index (χ1n) is 8.35. The fourth-order valence-corrected chi connectivity index (χ4v) is 3.91. The predicted octanol–water partition coefficient (Wildman–Crippen LogP) is 3.49. The fourth-order valence-electron chi connectivity index (χ4n) is 2.57. The summed E-state index contributed by atoms with van der Waals surface area (Å²) in [7, 11) is -3.79. The summed E-state index contributed by atoms with van der Waals surface area (Å²) in [4.78, 5) is 24.1. The second kappa shape index (κ2) is 8.34. The van der Waals surface area contributed by atoms with Crippen LogP contribution in [0.3, 0.4) is 0 Å². The van der Waals surface area contributed by atoms with Crippen molar-refractivity contribution in [3.8, 4) is 0 Å². The highest BCUT2D eigenvalue weighted by Crippen LogP contribution is 2.25. The second-order valence-corrected chi connectivity index (χ2v) is 8.07. The number of primary amides is 1. The molecule has 0 bridgehead atoms. The molecule has 3 aromatic carbocycles. The third-order valence-electron chi connectivity index (χ3n) is 3.96. The number of halogens is 1. The van der Waals surface area contributed by atoms with Gasteiger partial charge in [0.15, 0.2) is 0 Å². The first-order chi connectivity index (χ1) is 13.8. The summed E-state index contributed by atoms with van der Waals surface area (Å²) in [6, 6.07) is 18.3. The fraction of sp³-hybridized carbons (Fsp3) is 0. The Morgan fingerprint density at radius 3 is 2.17 bits per heavy atom. The smallest absolute Gasteiger partial charge is 0.261 e. The van der Waals surface area contributed by atoms with Crippen molar-refractivity contribution < 1.29 is 18.0 Å². The van der Waals surface area contributed by atoms with Gasteiger partial charge in [0.25, 0.3) is 21.8 Å². The summed E-state index contributed by atoms with van der Waals surface area (Å²) in [6.07, 6.45) is 0. The van der Waals surface area contributed by atoms with Crippen LogP contribution < -0.4 is 15.8 Å². The average Bonchev–Trinajstić information content (AvgIpc) is 2.68. The predicted molar refractivity (Wildman–Crippen MR) is 112 cm³/mol. The van der Waals surface area contributed by atoms with Gasteiger partial charge in [0, 0.05) is 0 Å². The van der Waals surface area contributed by atoms with Gasteiger partial charge < -0.3 is 11.1 Å². The molecule has 3 rings (SSSR count). The van der Waals surface area contributed by atoms with Crippen LogP contribution in [0, 0.1) is 0 Å². The molecule has 0 aliphatic carbocycles. The van der Waals surface area contributed by atoms with Crippen molar-refractivity contribution in [3.05, 3.63) is 88.9 Å². The Labute approximate surface area is 172 Å². The maximum absolute atomic E-state index is 12.5. The third kappa shape index (κ3) is 4.74. The highest BCUT2D eigenvalue weighted by molar-refractivity contribution is 7.92. The quantitative estimate of drug-likeness (QED) is 0.555. The molecule has 0 fully saturated rings. The summed E-state index contributed by atoms with van der Waals surface area (Å²) >= 11 is 6.18. The van der Waals surface area contributed by atoms with Crippen LogP contribution in [0.15, 0.2) is 77.7 Å². The van der Waals surface area contributed by atoms with Crippen LogP contribution in [0.1, 0.15) is 20.7 Å². The molecule has 0 unspecified atom stereocenters. The molecule has 0 atom stereocenters. The van der Waals surface area contributed by atoms with E-state index >= 15 is 0 Å². The van der Waals surface area contributed by atoms with Crippen molar-refractivity contribution >= 4 is 44.8 Å². The Morgan fingerprint density at radius 1 is 0.862 bits per heavy atom. The van der Waals surface area contributed by atoms with Crippen LogP contribution in [-0.2, 0) is 10.0 Å². The number of nitrogens with two attached hydrogens (primary N) is 1. The lowest BCUT2D eigenvalue weighted by molar-refractivity contribution is 0.100. The number of anilines is 2. The molecular formula is C20H16ClN3O4S. The summed E-state index contributed by atoms with van der Waals surface area (Å²) < 4.78 is 27.2. The monoisotopic (exact) mass is 429 g/mol. The number of hydrogen-bond acceptors (Lipinski definition) is 4. The number of carbonyl (C=O) groups is 2. The molecule has 148 valence electrons. The molecule has 0 aliphatic rings. The SMILES string of the molecule is NC(=O)c1ccccc1NC(=O)c1ccc(NS(=O)(=O)c2ccccc2)cc1Cl. The van der Waals surface area contributed by atoms with E-state index in [0.717, 1.165) is 0 Å². The van der Waals surface area contributed by atoms with Crippen LogP contribution >= 0.6 is 11.6 Å². The highest BCUT2D eigenvalue weighted by Gasteiger charge is 2.17. The summed E-state index contributed by atoms with van der Waals surface area (Å²) in [6.45, 7) is 0. The standard InChI is InChI=1S/C20H16ClN3O4S/c21-17-12-13(24-29(27,28)14-6-2-1-3-7-14)10-11-15(17)20(26)23-18-9-5-4-8-16(18)19(22)25/h1-12,24H,(H2,22,25)(H,23,26). The average molecular weight is 430 g/mol. The van der Waals surface area contributed by atoms with E-state index in [1.807, 2.05) is 0 Å². The Bertz CT molecular complexity index is 1180. The van der Waals surface area contributed by atoms with Crippen molar-refractivity contribution in [2.24, 2.45) is 5.73 Å². The molecule has 3 aromatic rings. The Balaban J connectivity index is 1.81. The largest absolute Gasteiger partial charge is 0.366 e. The zero-order valence-electron chi connectivity index (χ0n) is 14.9. The van der Waals surface area contributed by atoms with Crippen molar-refractivity contribution in [2.45, 2.75) is 4.90 Å². The Kier molecular flexibility index (Phi) is 5.86. The maximum Gasteiger partial charge on any atom is 0.261 e. The van der Waals surface area contributed by atoms with Gasteiger partial charge in [-0.15, -0.1) is 0 Å². The van der Waals surface area contributed by atoms with Crippen LogP contribution in [0.5, 0.6) is 0 Å².